The molecule has 4 heteroatoms. The van der Waals surface area contributed by atoms with E-state index in [-0.39, 0.29) is 0 Å². The lowest BCUT2D eigenvalue weighted by Gasteiger charge is -2.16. The second-order valence-electron chi connectivity index (χ2n) is 7.52. The predicted molar refractivity (Wildman–Crippen MR) is 123 cm³/mol. The van der Waals surface area contributed by atoms with E-state index >= 15 is 0 Å². The monoisotopic (exact) mass is 416 g/mol. The second kappa shape index (κ2) is 7.67. The molecule has 4 aromatic rings. The van der Waals surface area contributed by atoms with Gasteiger partial charge in [-0.2, -0.15) is 0 Å². The second-order valence-corrected chi connectivity index (χ2v) is 7.52. The molecule has 4 aromatic carbocycles. The zero-order valence-electron chi connectivity index (χ0n) is 16.9. The van der Waals surface area contributed by atoms with Crippen LogP contribution >= 0.6 is 0 Å². The first-order valence-electron chi connectivity index (χ1n) is 10.1. The van der Waals surface area contributed by atoms with Crippen LogP contribution in [-0.4, -0.2) is 23.1 Å². The van der Waals surface area contributed by atoms with Gasteiger partial charge in [-0.1, -0.05) is 78.9 Å². The molecule has 32 heavy (non-hydrogen) atoms. The first-order valence-corrected chi connectivity index (χ1v) is 10.1. The van der Waals surface area contributed by atoms with Gasteiger partial charge in [0.25, 0.3) is 0 Å². The van der Waals surface area contributed by atoms with Crippen LogP contribution in [0.5, 0.6) is 0 Å². The van der Waals surface area contributed by atoms with Crippen LogP contribution in [0.25, 0.3) is 28.0 Å². The summed E-state index contributed by atoms with van der Waals surface area (Å²) in [5, 5.41) is 2.09. The molecule has 2 aliphatic rings. The Morgan fingerprint density at radius 1 is 0.406 bits per heavy atom. The Hall–Kier alpha value is -4.44. The van der Waals surface area contributed by atoms with E-state index in [9.17, 15) is 19.2 Å². The molecule has 152 valence electrons. The molecular formula is C28H16O4. The van der Waals surface area contributed by atoms with Crippen LogP contribution in [0, 0.1) is 0 Å². The van der Waals surface area contributed by atoms with E-state index in [1.54, 1.807) is 36.4 Å². The molecule has 0 heterocycles. The fourth-order valence-corrected chi connectivity index (χ4v) is 4.12. The summed E-state index contributed by atoms with van der Waals surface area (Å²) in [4.78, 5) is 46.6. The molecule has 2 aliphatic carbocycles. The van der Waals surface area contributed by atoms with Gasteiger partial charge in [-0.05, 0) is 45.7 Å². The molecule has 0 fully saturated rings. The van der Waals surface area contributed by atoms with Gasteiger partial charge in [0.1, 0.15) is 0 Å². The van der Waals surface area contributed by atoms with Gasteiger partial charge in [0, 0.05) is 16.7 Å². The normalized spacial score (nSPS) is 13.8. The summed E-state index contributed by atoms with van der Waals surface area (Å²) in [6.45, 7) is 0. The van der Waals surface area contributed by atoms with Crippen molar-refractivity contribution in [3.63, 3.8) is 0 Å². The Balaban J connectivity index is 0.000000135. The number of carbonyl (C=O) groups excluding carboxylic acids is 4. The molecule has 0 N–H and O–H groups in total. The van der Waals surface area contributed by atoms with E-state index < -0.39 is 23.1 Å². The van der Waals surface area contributed by atoms with Crippen LogP contribution in [0.15, 0.2) is 91.0 Å². The average Bonchev–Trinajstić information content (AvgIpc) is 2.85. The number of benzene rings is 4. The molecule has 0 bridgehead atoms. The van der Waals surface area contributed by atoms with Crippen molar-refractivity contribution < 1.29 is 19.2 Å². The van der Waals surface area contributed by atoms with Crippen molar-refractivity contribution >= 4 is 40.0 Å². The van der Waals surface area contributed by atoms with E-state index in [0.29, 0.717) is 16.7 Å². The Morgan fingerprint density at radius 3 is 1.56 bits per heavy atom. The number of allylic oxidation sites excluding steroid dienone is 1. The van der Waals surface area contributed by atoms with Crippen LogP contribution in [0.4, 0.5) is 0 Å². The van der Waals surface area contributed by atoms with Gasteiger partial charge >= 0.3 is 0 Å². The first-order chi connectivity index (χ1) is 15.6. The van der Waals surface area contributed by atoms with E-state index in [4.69, 9.17) is 0 Å². The Bertz CT molecular complexity index is 1440. The van der Waals surface area contributed by atoms with Gasteiger partial charge in [-0.3, -0.25) is 19.2 Å². The van der Waals surface area contributed by atoms with Gasteiger partial charge < -0.3 is 0 Å². The van der Waals surface area contributed by atoms with Crippen LogP contribution in [0.3, 0.4) is 0 Å². The highest BCUT2D eigenvalue weighted by Crippen LogP contribution is 2.32. The van der Waals surface area contributed by atoms with Crippen molar-refractivity contribution in [1.82, 2.24) is 0 Å². The largest absolute Gasteiger partial charge is 0.286 e. The predicted octanol–water partition coefficient (Wildman–Crippen LogP) is 5.35. The molecule has 0 aromatic heterocycles. The standard InChI is InChI=1S/2C14H8O2/c15-13-11-7-3-1-5-9(11)10-6-2-4-8-12(10)14(13)16;15-13-8-7-11-10-4-2-1-3-9(10)5-6-12(11)14(13)16/h2*1-8H. The minimum Gasteiger partial charge on any atom is -0.286 e. The van der Waals surface area contributed by atoms with Gasteiger partial charge in [-0.25, -0.2) is 0 Å². The summed E-state index contributed by atoms with van der Waals surface area (Å²) in [6, 6.07) is 25.9. The number of ketones is 4. The van der Waals surface area contributed by atoms with Gasteiger partial charge in [0.2, 0.25) is 23.1 Å². The van der Waals surface area contributed by atoms with Crippen molar-refractivity contribution in [2.24, 2.45) is 0 Å². The highest BCUT2D eigenvalue weighted by molar-refractivity contribution is 6.53. The van der Waals surface area contributed by atoms with Gasteiger partial charge in [0.15, 0.2) is 0 Å². The number of Topliss-reactive ketones (excluding diaryl/α,β-unsaturated/α-hetero) is 3. The Labute approximate surface area is 183 Å². The van der Waals surface area contributed by atoms with Gasteiger partial charge in [-0.15, -0.1) is 0 Å². The van der Waals surface area contributed by atoms with Crippen LogP contribution in [0.1, 0.15) is 36.6 Å². The molecule has 0 radical (unpaired) electrons. The third-order valence-electron chi connectivity index (χ3n) is 5.68. The number of rotatable bonds is 0. The molecular weight excluding hydrogens is 400 g/mol. The average molecular weight is 416 g/mol. The third kappa shape index (κ3) is 3.10. The van der Waals surface area contributed by atoms with Crippen LogP contribution < -0.4 is 0 Å². The maximum Gasteiger partial charge on any atom is 0.234 e. The summed E-state index contributed by atoms with van der Waals surface area (Å²) in [6.07, 6.45) is 3.07. The molecule has 0 unspecified atom stereocenters. The Morgan fingerprint density at radius 2 is 0.938 bits per heavy atom. The van der Waals surface area contributed by atoms with E-state index in [0.717, 1.165) is 27.5 Å². The zero-order chi connectivity index (χ0) is 22.2. The van der Waals surface area contributed by atoms with Crippen molar-refractivity contribution in [3.8, 4) is 11.1 Å². The minimum absolute atomic E-state index is 0.408. The smallest absolute Gasteiger partial charge is 0.234 e. The summed E-state index contributed by atoms with van der Waals surface area (Å²) >= 11 is 0. The fraction of sp³-hybridized carbons (Fsp3) is 0. The van der Waals surface area contributed by atoms with Crippen molar-refractivity contribution in [3.05, 3.63) is 113 Å². The molecule has 0 amide bonds. The highest BCUT2D eigenvalue weighted by Gasteiger charge is 2.29. The lowest BCUT2D eigenvalue weighted by atomic mass is 9.84. The van der Waals surface area contributed by atoms with Crippen LogP contribution in [-0.2, 0) is 4.79 Å². The summed E-state index contributed by atoms with van der Waals surface area (Å²) in [7, 11) is 0. The number of hydrogen-bond donors (Lipinski definition) is 0. The third-order valence-corrected chi connectivity index (χ3v) is 5.68. The number of carbonyl (C=O) groups is 4. The number of fused-ring (bicyclic) bond motifs is 6. The lowest BCUT2D eigenvalue weighted by Crippen LogP contribution is -2.20. The van der Waals surface area contributed by atoms with Crippen LogP contribution in [0.2, 0.25) is 0 Å². The number of hydrogen-bond acceptors (Lipinski definition) is 4. The zero-order valence-corrected chi connectivity index (χ0v) is 16.9. The van der Waals surface area contributed by atoms with E-state index in [1.165, 1.54) is 6.08 Å². The van der Waals surface area contributed by atoms with Crippen molar-refractivity contribution in [2.75, 3.05) is 0 Å². The molecule has 4 nitrogen and oxygen atoms in total. The molecule has 6 rings (SSSR count). The summed E-state index contributed by atoms with van der Waals surface area (Å²) < 4.78 is 0. The molecule has 0 spiro atoms. The maximum absolute atomic E-state index is 11.8. The van der Waals surface area contributed by atoms with E-state index in [1.807, 2.05) is 54.6 Å². The molecule has 0 saturated carbocycles. The topological polar surface area (TPSA) is 68.3 Å². The quantitative estimate of drug-likeness (QED) is 0.362. The maximum atomic E-state index is 11.8. The minimum atomic E-state index is -0.442. The molecule has 0 saturated heterocycles. The van der Waals surface area contributed by atoms with Gasteiger partial charge in [0.05, 0.1) is 0 Å². The first kappa shape index (κ1) is 19.5. The molecule has 0 aliphatic heterocycles. The molecule has 0 atom stereocenters. The Kier molecular flexibility index (Phi) is 4.68. The fourth-order valence-electron chi connectivity index (χ4n) is 4.12. The van der Waals surface area contributed by atoms with E-state index in [2.05, 4.69) is 0 Å². The van der Waals surface area contributed by atoms with Crippen molar-refractivity contribution in [1.29, 1.82) is 0 Å². The van der Waals surface area contributed by atoms with Crippen molar-refractivity contribution in [2.45, 2.75) is 0 Å². The summed E-state index contributed by atoms with van der Waals surface area (Å²) in [5.41, 5.74) is 4.07. The highest BCUT2D eigenvalue weighted by atomic mass is 16.2. The SMILES string of the molecule is O=C1C(=O)c2ccccc2-c2ccccc21.O=C1C=Cc2c(ccc3ccccc23)C1=O. The summed E-state index contributed by atoms with van der Waals surface area (Å²) in [5.74, 6) is -1.67. The lowest BCUT2D eigenvalue weighted by molar-refractivity contribution is -0.110.